The molecule has 5 aromatic carbocycles. The number of Topliss-reactive ketones (excluding diaryl/α,β-unsaturated/α-hetero) is 1. The lowest BCUT2D eigenvalue weighted by Gasteiger charge is -2.19. The van der Waals surface area contributed by atoms with Crippen LogP contribution in [0.3, 0.4) is 0 Å². The molecule has 0 amide bonds. The van der Waals surface area contributed by atoms with E-state index >= 15 is 0 Å². The highest BCUT2D eigenvalue weighted by Gasteiger charge is 2.38. The Morgan fingerprint density at radius 2 is 1.18 bits per heavy atom. The minimum absolute atomic E-state index is 0.0583. The van der Waals surface area contributed by atoms with Crippen molar-refractivity contribution in [3.05, 3.63) is 153 Å². The molecule has 0 atom stereocenters. The normalized spacial score (nSPS) is 11.0. The van der Waals surface area contributed by atoms with Gasteiger partial charge in [-0.05, 0) is 56.2 Å². The molecule has 5 rings (SSSR count). The zero-order chi connectivity index (χ0) is 32.6. The van der Waals surface area contributed by atoms with E-state index in [9.17, 15) is 18.7 Å². The first-order valence-electron chi connectivity index (χ1n) is 13.9. The van der Waals surface area contributed by atoms with Crippen molar-refractivity contribution in [2.75, 3.05) is 6.61 Å². The van der Waals surface area contributed by atoms with Crippen LogP contribution in [0.15, 0.2) is 115 Å². The van der Waals surface area contributed by atoms with Gasteiger partial charge >= 0.3 is 0 Å². The van der Waals surface area contributed by atoms with E-state index in [0.29, 0.717) is 27.2 Å². The summed E-state index contributed by atoms with van der Waals surface area (Å²) in [6.45, 7) is 5.81. The van der Waals surface area contributed by atoms with E-state index in [-0.39, 0.29) is 36.5 Å². The fraction of sp³-hybridized carbons (Fsp3) is 0.111. The van der Waals surface area contributed by atoms with Gasteiger partial charge < -0.3 is 9.30 Å². The summed E-state index contributed by atoms with van der Waals surface area (Å²) in [6, 6.07) is 33.2. The van der Waals surface area contributed by atoms with Crippen LogP contribution in [0.4, 0.5) is 0 Å². The quantitative estimate of drug-likeness (QED) is 0.115. The van der Waals surface area contributed by atoms with Crippen LogP contribution in [-0.4, -0.2) is 17.9 Å². The van der Waals surface area contributed by atoms with Gasteiger partial charge in [0, 0.05) is 16.2 Å². The molecule has 5 aromatic rings. The number of benzene rings is 5. The van der Waals surface area contributed by atoms with Crippen LogP contribution in [0.5, 0.6) is 5.75 Å². The lowest BCUT2D eigenvalue weighted by Crippen LogP contribution is -2.23. The second kappa shape index (κ2) is 15.4. The predicted molar refractivity (Wildman–Crippen MR) is 185 cm³/mol. The van der Waals surface area contributed by atoms with Crippen LogP contribution >= 0.6 is 38.8 Å². The third-order valence-corrected chi connectivity index (χ3v) is 11.0. The van der Waals surface area contributed by atoms with Crippen LogP contribution in [-0.2, 0) is 9.13 Å². The van der Waals surface area contributed by atoms with Gasteiger partial charge in [-0.25, -0.2) is 0 Å². The molecular weight excluding hydrogens is 645 g/mol. The molecule has 9 heteroatoms. The fourth-order valence-electron chi connectivity index (χ4n) is 5.01. The van der Waals surface area contributed by atoms with Gasteiger partial charge in [0.2, 0.25) is 18.4 Å². The van der Waals surface area contributed by atoms with Crippen molar-refractivity contribution < 1.29 is 23.5 Å². The summed E-state index contributed by atoms with van der Waals surface area (Å²) in [4.78, 5) is 25.6. The molecule has 0 aliphatic carbocycles. The standard InChI is InChI=1S/C19H13Cl2O2P.C17H17O3P/c20-16-12-7-13-17(21)18(16)19(22)24(23,14-8-3-1-4-9-14)15-10-5-2-6-11-15;1-11-8-12(2)17(13(3)9-11)14(18)10-20-15-6-4-5-7-16(15)21-19/h1-13H;4-9H,10H2,1-3H3. The van der Waals surface area contributed by atoms with Crippen molar-refractivity contribution in [3.8, 4) is 5.75 Å². The number of ether oxygens (including phenoxy) is 1. The highest BCUT2D eigenvalue weighted by atomic mass is 35.5. The predicted octanol–water partition coefficient (Wildman–Crippen LogP) is 8.94. The van der Waals surface area contributed by atoms with Gasteiger partial charge in [-0.1, -0.05) is 120 Å². The maximum Gasteiger partial charge on any atom is 0.233 e. The second-order valence-corrected chi connectivity index (χ2v) is 14.4. The Hall–Kier alpha value is -3.85. The summed E-state index contributed by atoms with van der Waals surface area (Å²) < 4.78 is 30.5. The van der Waals surface area contributed by atoms with Gasteiger partial charge in [0.05, 0.1) is 20.9 Å². The van der Waals surface area contributed by atoms with E-state index in [1.165, 1.54) is 0 Å². The largest absolute Gasteiger partial charge is 0.484 e. The highest BCUT2D eigenvalue weighted by Crippen LogP contribution is 2.49. The Morgan fingerprint density at radius 3 is 1.69 bits per heavy atom. The van der Waals surface area contributed by atoms with Gasteiger partial charge in [-0.3, -0.25) is 14.2 Å². The lowest BCUT2D eigenvalue weighted by atomic mass is 9.97. The molecule has 5 nitrogen and oxygen atoms in total. The summed E-state index contributed by atoms with van der Waals surface area (Å²) in [7, 11) is -3.71. The molecule has 0 N–H and O–H groups in total. The summed E-state index contributed by atoms with van der Waals surface area (Å²) in [5.74, 6) is 0.410. The SMILES string of the molecule is Cc1cc(C)c(C(=O)COc2ccccc2P=O)c(C)c1.O=C(c1c(Cl)cccc1Cl)P(=O)(c1ccccc1)c1ccccc1. The number of para-hydroxylation sites is 1. The van der Waals surface area contributed by atoms with Crippen molar-refractivity contribution in [2.45, 2.75) is 20.8 Å². The molecule has 0 fully saturated rings. The smallest absolute Gasteiger partial charge is 0.233 e. The van der Waals surface area contributed by atoms with Gasteiger partial charge in [-0.15, -0.1) is 0 Å². The van der Waals surface area contributed by atoms with Crippen molar-refractivity contribution in [1.29, 1.82) is 0 Å². The molecular formula is C36H30Cl2O5P2. The van der Waals surface area contributed by atoms with Crippen LogP contribution in [0.1, 0.15) is 37.4 Å². The van der Waals surface area contributed by atoms with E-state index in [0.717, 1.165) is 16.7 Å². The minimum Gasteiger partial charge on any atom is -0.484 e. The monoisotopic (exact) mass is 674 g/mol. The topological polar surface area (TPSA) is 77.5 Å². The van der Waals surface area contributed by atoms with Crippen molar-refractivity contribution >= 4 is 66.0 Å². The van der Waals surface area contributed by atoms with Gasteiger partial charge in [0.25, 0.3) is 0 Å². The third-order valence-electron chi connectivity index (χ3n) is 6.98. The average molecular weight is 675 g/mol. The first-order chi connectivity index (χ1) is 21.6. The molecule has 0 heterocycles. The Bertz CT molecular complexity index is 1810. The fourth-order valence-corrected chi connectivity index (χ4v) is 8.59. The van der Waals surface area contributed by atoms with Crippen molar-refractivity contribution in [2.24, 2.45) is 0 Å². The summed E-state index contributed by atoms with van der Waals surface area (Å²) >= 11 is 12.4. The number of carbonyl (C=O) groups is 2. The Balaban J connectivity index is 0.000000207. The van der Waals surface area contributed by atoms with E-state index in [1.807, 2.05) is 45.0 Å². The summed E-state index contributed by atoms with van der Waals surface area (Å²) in [5, 5.41) is 1.84. The van der Waals surface area contributed by atoms with Crippen LogP contribution in [0, 0.1) is 20.8 Å². The Labute approximate surface area is 274 Å². The molecule has 0 bridgehead atoms. The number of aryl methyl sites for hydroxylation is 3. The van der Waals surface area contributed by atoms with E-state index < -0.39 is 12.7 Å². The number of rotatable bonds is 9. The molecule has 0 unspecified atom stereocenters. The van der Waals surface area contributed by atoms with Crippen LogP contribution < -0.4 is 20.7 Å². The molecule has 0 aromatic heterocycles. The Kier molecular flexibility index (Phi) is 11.7. The van der Waals surface area contributed by atoms with Crippen LogP contribution in [0.25, 0.3) is 0 Å². The lowest BCUT2D eigenvalue weighted by molar-refractivity contribution is 0.0920. The zero-order valence-corrected chi connectivity index (χ0v) is 28.2. The van der Waals surface area contributed by atoms with Crippen LogP contribution in [0.2, 0.25) is 10.0 Å². The minimum atomic E-state index is -3.60. The highest BCUT2D eigenvalue weighted by molar-refractivity contribution is 7.93. The molecule has 0 saturated heterocycles. The molecule has 0 spiro atoms. The van der Waals surface area contributed by atoms with Gasteiger partial charge in [0.15, 0.2) is 15.1 Å². The van der Waals surface area contributed by atoms with E-state index in [4.69, 9.17) is 27.9 Å². The Morgan fingerprint density at radius 1 is 0.689 bits per heavy atom. The maximum absolute atomic E-state index is 14.0. The van der Waals surface area contributed by atoms with Crippen molar-refractivity contribution in [3.63, 3.8) is 0 Å². The van der Waals surface area contributed by atoms with Gasteiger partial charge in [0.1, 0.15) is 5.75 Å². The first kappa shape index (κ1) is 34.0. The van der Waals surface area contributed by atoms with Crippen molar-refractivity contribution in [1.82, 2.24) is 0 Å². The molecule has 228 valence electrons. The van der Waals surface area contributed by atoms with Gasteiger partial charge in [-0.2, -0.15) is 0 Å². The number of hydrogen-bond acceptors (Lipinski definition) is 5. The molecule has 0 aliphatic rings. The van der Waals surface area contributed by atoms with E-state index in [2.05, 4.69) is 0 Å². The number of carbonyl (C=O) groups excluding carboxylic acids is 2. The number of hydrogen-bond donors (Lipinski definition) is 0. The number of halogens is 2. The molecule has 45 heavy (non-hydrogen) atoms. The third kappa shape index (κ3) is 7.87. The number of ketones is 1. The van der Waals surface area contributed by atoms with E-state index in [1.54, 1.807) is 91.0 Å². The maximum atomic E-state index is 14.0. The average Bonchev–Trinajstić information content (AvgIpc) is 3.04. The summed E-state index contributed by atoms with van der Waals surface area (Å²) in [5.41, 5.74) is 3.29. The second-order valence-electron chi connectivity index (χ2n) is 10.2. The molecule has 0 radical (unpaired) electrons. The zero-order valence-electron chi connectivity index (χ0n) is 24.9. The summed E-state index contributed by atoms with van der Waals surface area (Å²) in [6.07, 6.45) is 0. The molecule has 0 aliphatic heterocycles. The molecule has 0 saturated carbocycles. The first-order valence-corrected chi connectivity index (χ1v) is 17.2.